The van der Waals surface area contributed by atoms with Crippen molar-refractivity contribution in [1.82, 2.24) is 25.1 Å². The average molecular weight is 239 g/mol. The van der Waals surface area contributed by atoms with E-state index in [2.05, 4.69) is 20.4 Å². The molecular formula is C13H13N5. The second-order valence-electron chi connectivity index (χ2n) is 4.01. The maximum Gasteiger partial charge on any atom is 0.172 e. The highest BCUT2D eigenvalue weighted by Gasteiger charge is 2.05. The molecule has 0 saturated heterocycles. The van der Waals surface area contributed by atoms with Crippen LogP contribution in [0.4, 0.5) is 0 Å². The molecule has 0 atom stereocenters. The molecule has 0 aliphatic carbocycles. The molecule has 0 fully saturated rings. The fraction of sp³-hybridized carbons (Fsp3) is 0.154. The quantitative estimate of drug-likeness (QED) is 0.753. The number of aromatic nitrogens is 4. The van der Waals surface area contributed by atoms with Crippen molar-refractivity contribution < 1.29 is 0 Å². The summed E-state index contributed by atoms with van der Waals surface area (Å²) in [5.74, 6) is 0.732. The van der Waals surface area contributed by atoms with Crippen LogP contribution in [0.2, 0.25) is 0 Å². The summed E-state index contributed by atoms with van der Waals surface area (Å²) >= 11 is 0. The van der Waals surface area contributed by atoms with Gasteiger partial charge in [-0.1, -0.05) is 18.2 Å². The molecule has 1 N–H and O–H groups in total. The van der Waals surface area contributed by atoms with Crippen molar-refractivity contribution in [1.29, 1.82) is 0 Å². The summed E-state index contributed by atoms with van der Waals surface area (Å²) in [4.78, 5) is 8.73. The Bertz CT molecular complexity index is 656. The molecule has 0 spiro atoms. The van der Waals surface area contributed by atoms with E-state index < -0.39 is 0 Å². The van der Waals surface area contributed by atoms with Gasteiger partial charge < -0.3 is 5.32 Å². The summed E-state index contributed by atoms with van der Waals surface area (Å²) in [7, 11) is 1.89. The van der Waals surface area contributed by atoms with Crippen LogP contribution in [0.25, 0.3) is 16.7 Å². The summed E-state index contributed by atoms with van der Waals surface area (Å²) in [6, 6.07) is 8.03. The fourth-order valence-electron chi connectivity index (χ4n) is 1.88. The standard InChI is InChI=1S/C13H13N5/c1-14-7-11-8-16-13(9-15-11)18-12-5-3-2-4-10(12)6-17-18/h2-6,8-9,14H,7H2,1H3. The van der Waals surface area contributed by atoms with Crippen molar-refractivity contribution in [3.8, 4) is 5.82 Å². The van der Waals surface area contributed by atoms with Gasteiger partial charge in [0.25, 0.3) is 0 Å². The van der Waals surface area contributed by atoms with Crippen LogP contribution < -0.4 is 5.32 Å². The first-order chi connectivity index (χ1) is 8.88. The Kier molecular flexibility index (Phi) is 2.74. The van der Waals surface area contributed by atoms with E-state index in [1.165, 1.54) is 0 Å². The molecule has 0 saturated carbocycles. The van der Waals surface area contributed by atoms with Gasteiger partial charge in [-0.05, 0) is 13.1 Å². The second-order valence-corrected chi connectivity index (χ2v) is 4.01. The van der Waals surface area contributed by atoms with Crippen molar-refractivity contribution in [3.63, 3.8) is 0 Å². The molecule has 0 unspecified atom stereocenters. The van der Waals surface area contributed by atoms with Gasteiger partial charge in [-0.2, -0.15) is 5.10 Å². The SMILES string of the molecule is CNCc1cnc(-n2ncc3ccccc32)cn1. The van der Waals surface area contributed by atoms with Gasteiger partial charge in [-0.3, -0.25) is 4.98 Å². The van der Waals surface area contributed by atoms with Crippen LogP contribution in [0.1, 0.15) is 5.69 Å². The summed E-state index contributed by atoms with van der Waals surface area (Å²) < 4.78 is 1.80. The Labute approximate surface area is 104 Å². The Morgan fingerprint density at radius 2 is 2.00 bits per heavy atom. The van der Waals surface area contributed by atoms with Crippen molar-refractivity contribution in [2.24, 2.45) is 0 Å². The summed E-state index contributed by atoms with van der Waals surface area (Å²) in [6.07, 6.45) is 5.34. The Morgan fingerprint density at radius 1 is 1.11 bits per heavy atom. The highest BCUT2D eigenvalue weighted by atomic mass is 15.3. The monoisotopic (exact) mass is 239 g/mol. The molecular weight excluding hydrogens is 226 g/mol. The minimum Gasteiger partial charge on any atom is -0.314 e. The zero-order valence-electron chi connectivity index (χ0n) is 10.0. The Morgan fingerprint density at radius 3 is 2.78 bits per heavy atom. The molecule has 5 heteroatoms. The van der Waals surface area contributed by atoms with E-state index >= 15 is 0 Å². The largest absolute Gasteiger partial charge is 0.314 e. The van der Waals surface area contributed by atoms with Gasteiger partial charge in [0.15, 0.2) is 5.82 Å². The van der Waals surface area contributed by atoms with Gasteiger partial charge in [-0.15, -0.1) is 0 Å². The summed E-state index contributed by atoms with van der Waals surface area (Å²) in [5, 5.41) is 8.48. The highest BCUT2D eigenvalue weighted by molar-refractivity contribution is 5.79. The number of nitrogens with one attached hydrogen (secondary N) is 1. The lowest BCUT2D eigenvalue weighted by molar-refractivity contribution is 0.774. The number of rotatable bonds is 3. The molecule has 3 aromatic rings. The van der Waals surface area contributed by atoms with Crippen molar-refractivity contribution in [2.75, 3.05) is 7.05 Å². The number of nitrogens with zero attached hydrogens (tertiary/aromatic N) is 4. The molecule has 3 rings (SSSR count). The zero-order chi connectivity index (χ0) is 12.4. The smallest absolute Gasteiger partial charge is 0.172 e. The third-order valence-corrected chi connectivity index (χ3v) is 2.74. The normalized spacial score (nSPS) is 10.9. The van der Waals surface area contributed by atoms with Crippen molar-refractivity contribution >= 4 is 10.9 Å². The number of fused-ring (bicyclic) bond motifs is 1. The van der Waals surface area contributed by atoms with Crippen LogP contribution in [-0.4, -0.2) is 26.8 Å². The maximum atomic E-state index is 4.39. The lowest BCUT2D eigenvalue weighted by Gasteiger charge is -2.03. The molecule has 0 amide bonds. The first kappa shape index (κ1) is 10.9. The number of benzene rings is 1. The number of hydrogen-bond donors (Lipinski definition) is 1. The van der Waals surface area contributed by atoms with E-state index in [1.54, 1.807) is 17.1 Å². The molecule has 1 aromatic carbocycles. The lowest BCUT2D eigenvalue weighted by Crippen LogP contribution is -2.08. The molecule has 18 heavy (non-hydrogen) atoms. The molecule has 2 heterocycles. The van der Waals surface area contributed by atoms with E-state index in [0.29, 0.717) is 6.54 Å². The van der Waals surface area contributed by atoms with Crippen LogP contribution in [-0.2, 0) is 6.54 Å². The molecule has 0 radical (unpaired) electrons. The van der Waals surface area contributed by atoms with E-state index in [0.717, 1.165) is 22.4 Å². The molecule has 90 valence electrons. The topological polar surface area (TPSA) is 55.6 Å². The van der Waals surface area contributed by atoms with E-state index in [9.17, 15) is 0 Å². The van der Waals surface area contributed by atoms with Gasteiger partial charge in [0.1, 0.15) is 0 Å². The molecule has 0 bridgehead atoms. The fourth-order valence-corrected chi connectivity index (χ4v) is 1.88. The van der Waals surface area contributed by atoms with Crippen molar-refractivity contribution in [3.05, 3.63) is 48.5 Å². The molecule has 0 aliphatic rings. The van der Waals surface area contributed by atoms with Crippen molar-refractivity contribution in [2.45, 2.75) is 6.54 Å². The van der Waals surface area contributed by atoms with Crippen LogP contribution in [0.3, 0.4) is 0 Å². The minimum absolute atomic E-state index is 0.715. The molecule has 0 aliphatic heterocycles. The van der Waals surface area contributed by atoms with E-state index in [-0.39, 0.29) is 0 Å². The van der Waals surface area contributed by atoms with Gasteiger partial charge in [-0.25, -0.2) is 9.67 Å². The minimum atomic E-state index is 0.715. The van der Waals surface area contributed by atoms with Gasteiger partial charge in [0, 0.05) is 11.9 Å². The third kappa shape index (κ3) is 1.84. The number of hydrogen-bond acceptors (Lipinski definition) is 4. The Balaban J connectivity index is 2.03. The van der Waals surface area contributed by atoms with Gasteiger partial charge in [0.05, 0.1) is 29.8 Å². The van der Waals surface area contributed by atoms with Gasteiger partial charge in [0.2, 0.25) is 0 Å². The van der Waals surface area contributed by atoms with Crippen LogP contribution in [0, 0.1) is 0 Å². The second kappa shape index (κ2) is 4.54. The molecule has 2 aromatic heterocycles. The van der Waals surface area contributed by atoms with E-state index in [4.69, 9.17) is 0 Å². The Hall–Kier alpha value is -2.27. The zero-order valence-corrected chi connectivity index (χ0v) is 10.0. The van der Waals surface area contributed by atoms with E-state index in [1.807, 2.05) is 37.5 Å². The van der Waals surface area contributed by atoms with Crippen LogP contribution in [0.15, 0.2) is 42.9 Å². The van der Waals surface area contributed by atoms with Crippen LogP contribution in [0.5, 0.6) is 0 Å². The summed E-state index contributed by atoms with van der Waals surface area (Å²) in [6.45, 7) is 0.715. The first-order valence-electron chi connectivity index (χ1n) is 5.77. The first-order valence-corrected chi connectivity index (χ1v) is 5.77. The van der Waals surface area contributed by atoms with Gasteiger partial charge >= 0.3 is 0 Å². The predicted molar refractivity (Wildman–Crippen MR) is 69.4 cm³/mol. The maximum absolute atomic E-state index is 4.39. The van der Waals surface area contributed by atoms with Crippen LogP contribution >= 0.6 is 0 Å². The number of para-hydroxylation sites is 1. The lowest BCUT2D eigenvalue weighted by atomic mass is 10.3. The summed E-state index contributed by atoms with van der Waals surface area (Å²) in [5.41, 5.74) is 1.95. The highest BCUT2D eigenvalue weighted by Crippen LogP contribution is 2.15. The molecule has 5 nitrogen and oxygen atoms in total. The third-order valence-electron chi connectivity index (χ3n) is 2.74. The average Bonchev–Trinajstić information content (AvgIpc) is 2.84. The predicted octanol–water partition coefficient (Wildman–Crippen LogP) is 1.53.